The Kier molecular flexibility index (Phi) is 8.01. The largest absolute Gasteiger partial charge is 0.494 e. The zero-order valence-electron chi connectivity index (χ0n) is 19.2. The highest BCUT2D eigenvalue weighted by molar-refractivity contribution is 5.92. The molecule has 0 aliphatic carbocycles. The molecule has 1 aromatic heterocycles. The van der Waals surface area contributed by atoms with E-state index in [1.54, 1.807) is 30.3 Å². The standard InChI is InChI=1S/C23H23N5O7/c1-24-22(29)18-10-16(8-9-25-18)35-15-6-4-14(5-7-15)13-26-23(30)27-17-11-21(34-3)19(28(31)32)12-20(17)33-2/h4-12H,13H2,1-3H3,(H,24,29)(H2,26,27,30). The van der Waals surface area contributed by atoms with Gasteiger partial charge in [-0.2, -0.15) is 0 Å². The van der Waals surface area contributed by atoms with Crippen LogP contribution in [0.4, 0.5) is 16.2 Å². The zero-order valence-corrected chi connectivity index (χ0v) is 19.2. The number of rotatable bonds is 9. The minimum absolute atomic E-state index is 0.0154. The molecular formula is C23H23N5O7. The maximum Gasteiger partial charge on any atom is 0.319 e. The fraction of sp³-hybridized carbons (Fsp3) is 0.174. The molecule has 0 bridgehead atoms. The van der Waals surface area contributed by atoms with E-state index in [0.29, 0.717) is 11.5 Å². The van der Waals surface area contributed by atoms with Crippen molar-refractivity contribution in [2.24, 2.45) is 0 Å². The Morgan fingerprint density at radius 1 is 1.00 bits per heavy atom. The third kappa shape index (κ3) is 6.35. The molecule has 12 heteroatoms. The third-order valence-electron chi connectivity index (χ3n) is 4.75. The molecule has 3 rings (SSSR count). The molecular weight excluding hydrogens is 458 g/mol. The second-order valence-corrected chi connectivity index (χ2v) is 6.99. The monoisotopic (exact) mass is 481 g/mol. The number of carbonyl (C=O) groups is 2. The SMILES string of the molecule is CNC(=O)c1cc(Oc2ccc(CNC(=O)Nc3cc(OC)c([N+](=O)[O-])cc3OC)cc2)ccn1. The van der Waals surface area contributed by atoms with E-state index in [4.69, 9.17) is 14.2 Å². The summed E-state index contributed by atoms with van der Waals surface area (Å²) in [6.07, 6.45) is 1.48. The van der Waals surface area contributed by atoms with Gasteiger partial charge in [0.25, 0.3) is 5.91 Å². The second kappa shape index (κ2) is 11.3. The first-order chi connectivity index (χ1) is 16.8. The number of benzene rings is 2. The molecule has 35 heavy (non-hydrogen) atoms. The Morgan fingerprint density at radius 2 is 1.71 bits per heavy atom. The number of methoxy groups -OCH3 is 2. The molecule has 0 saturated heterocycles. The first kappa shape index (κ1) is 24.8. The van der Waals surface area contributed by atoms with Gasteiger partial charge in [-0.3, -0.25) is 19.9 Å². The summed E-state index contributed by atoms with van der Waals surface area (Å²) in [6, 6.07) is 12.1. The van der Waals surface area contributed by atoms with Gasteiger partial charge in [-0.25, -0.2) is 4.79 Å². The molecule has 0 fully saturated rings. The average molecular weight is 481 g/mol. The van der Waals surface area contributed by atoms with Crippen molar-refractivity contribution in [2.45, 2.75) is 6.54 Å². The lowest BCUT2D eigenvalue weighted by molar-refractivity contribution is -0.385. The van der Waals surface area contributed by atoms with E-state index >= 15 is 0 Å². The van der Waals surface area contributed by atoms with Crippen LogP contribution in [0.3, 0.4) is 0 Å². The summed E-state index contributed by atoms with van der Waals surface area (Å²) >= 11 is 0. The van der Waals surface area contributed by atoms with Crippen molar-refractivity contribution >= 4 is 23.3 Å². The van der Waals surface area contributed by atoms with Gasteiger partial charge in [0.05, 0.1) is 30.9 Å². The van der Waals surface area contributed by atoms with Gasteiger partial charge in [0.1, 0.15) is 22.9 Å². The number of nitro groups is 1. The van der Waals surface area contributed by atoms with Crippen LogP contribution >= 0.6 is 0 Å². The number of pyridine rings is 1. The molecule has 2 aromatic carbocycles. The van der Waals surface area contributed by atoms with Crippen LogP contribution in [0.2, 0.25) is 0 Å². The van der Waals surface area contributed by atoms with Crippen molar-refractivity contribution in [1.82, 2.24) is 15.6 Å². The van der Waals surface area contributed by atoms with Crippen molar-refractivity contribution in [3.8, 4) is 23.0 Å². The van der Waals surface area contributed by atoms with Crippen molar-refractivity contribution in [2.75, 3.05) is 26.6 Å². The Bertz CT molecular complexity index is 1230. The van der Waals surface area contributed by atoms with Crippen LogP contribution in [0.25, 0.3) is 0 Å². The molecule has 0 aliphatic rings. The van der Waals surface area contributed by atoms with E-state index in [-0.39, 0.29) is 41.0 Å². The smallest absolute Gasteiger partial charge is 0.319 e. The van der Waals surface area contributed by atoms with Crippen molar-refractivity contribution in [1.29, 1.82) is 0 Å². The topological polar surface area (TPSA) is 154 Å². The number of nitrogens with zero attached hydrogens (tertiary/aromatic N) is 2. The second-order valence-electron chi connectivity index (χ2n) is 6.99. The van der Waals surface area contributed by atoms with Crippen LogP contribution in [0.5, 0.6) is 23.0 Å². The predicted molar refractivity (Wildman–Crippen MR) is 126 cm³/mol. The lowest BCUT2D eigenvalue weighted by Gasteiger charge is -2.13. The van der Waals surface area contributed by atoms with Gasteiger partial charge in [-0.05, 0) is 23.8 Å². The first-order valence-corrected chi connectivity index (χ1v) is 10.2. The first-order valence-electron chi connectivity index (χ1n) is 10.2. The van der Waals surface area contributed by atoms with E-state index in [1.165, 1.54) is 45.7 Å². The number of hydrogen-bond donors (Lipinski definition) is 3. The maximum atomic E-state index is 12.4. The Hall–Kier alpha value is -4.87. The summed E-state index contributed by atoms with van der Waals surface area (Å²) < 4.78 is 15.9. The Balaban J connectivity index is 1.60. The molecule has 0 saturated carbocycles. The molecule has 3 amide bonds. The van der Waals surface area contributed by atoms with Crippen LogP contribution in [-0.4, -0.2) is 43.1 Å². The van der Waals surface area contributed by atoms with E-state index in [1.807, 2.05) is 0 Å². The maximum absolute atomic E-state index is 12.4. The molecule has 3 N–H and O–H groups in total. The van der Waals surface area contributed by atoms with Gasteiger partial charge in [0.15, 0.2) is 5.75 Å². The molecule has 1 heterocycles. The molecule has 3 aromatic rings. The van der Waals surface area contributed by atoms with Gasteiger partial charge in [-0.15, -0.1) is 0 Å². The number of anilines is 1. The summed E-state index contributed by atoms with van der Waals surface area (Å²) in [5, 5.41) is 19.0. The van der Waals surface area contributed by atoms with Crippen LogP contribution in [0.15, 0.2) is 54.7 Å². The number of carbonyl (C=O) groups excluding carboxylic acids is 2. The highest BCUT2D eigenvalue weighted by Gasteiger charge is 2.20. The van der Waals surface area contributed by atoms with E-state index in [0.717, 1.165) is 5.56 Å². The number of hydrogen-bond acceptors (Lipinski definition) is 8. The van der Waals surface area contributed by atoms with Crippen LogP contribution in [0.1, 0.15) is 16.1 Å². The molecule has 0 atom stereocenters. The zero-order chi connectivity index (χ0) is 25.4. The summed E-state index contributed by atoms with van der Waals surface area (Å²) in [5.74, 6) is 0.773. The van der Waals surface area contributed by atoms with Crippen molar-refractivity contribution in [3.63, 3.8) is 0 Å². The fourth-order valence-corrected chi connectivity index (χ4v) is 3.01. The highest BCUT2D eigenvalue weighted by Crippen LogP contribution is 2.37. The van der Waals surface area contributed by atoms with Gasteiger partial charge in [0, 0.05) is 31.9 Å². The fourth-order valence-electron chi connectivity index (χ4n) is 3.01. The molecule has 0 radical (unpaired) electrons. The Morgan fingerprint density at radius 3 is 2.34 bits per heavy atom. The number of nitro benzene ring substituents is 1. The number of nitrogens with one attached hydrogen (secondary N) is 3. The van der Waals surface area contributed by atoms with Crippen LogP contribution in [0, 0.1) is 10.1 Å². The highest BCUT2D eigenvalue weighted by atomic mass is 16.6. The lowest BCUT2D eigenvalue weighted by atomic mass is 10.2. The van der Waals surface area contributed by atoms with Crippen molar-refractivity contribution in [3.05, 3.63) is 76.1 Å². The van der Waals surface area contributed by atoms with Crippen molar-refractivity contribution < 1.29 is 28.7 Å². The molecule has 0 spiro atoms. The van der Waals surface area contributed by atoms with E-state index in [9.17, 15) is 19.7 Å². The van der Waals surface area contributed by atoms with Crippen LogP contribution in [-0.2, 0) is 6.54 Å². The summed E-state index contributed by atoms with van der Waals surface area (Å²) in [5.41, 5.74) is 0.958. The Labute approximate surface area is 200 Å². The third-order valence-corrected chi connectivity index (χ3v) is 4.75. The number of ether oxygens (including phenoxy) is 3. The summed E-state index contributed by atoms with van der Waals surface area (Å²) in [4.78, 5) is 38.6. The summed E-state index contributed by atoms with van der Waals surface area (Å²) in [6.45, 7) is 0.203. The number of urea groups is 1. The minimum Gasteiger partial charge on any atom is -0.494 e. The summed E-state index contributed by atoms with van der Waals surface area (Å²) in [7, 11) is 4.15. The van der Waals surface area contributed by atoms with Gasteiger partial charge in [-0.1, -0.05) is 12.1 Å². The predicted octanol–water partition coefficient (Wildman–Crippen LogP) is 3.48. The van der Waals surface area contributed by atoms with Gasteiger partial charge < -0.3 is 30.2 Å². The lowest BCUT2D eigenvalue weighted by Crippen LogP contribution is -2.28. The molecule has 12 nitrogen and oxygen atoms in total. The van der Waals surface area contributed by atoms with E-state index in [2.05, 4.69) is 20.9 Å². The molecule has 182 valence electrons. The van der Waals surface area contributed by atoms with Gasteiger partial charge in [0.2, 0.25) is 0 Å². The normalized spacial score (nSPS) is 10.1. The van der Waals surface area contributed by atoms with Gasteiger partial charge >= 0.3 is 11.7 Å². The number of amides is 3. The number of aromatic nitrogens is 1. The quantitative estimate of drug-likeness (QED) is 0.310. The molecule has 0 aliphatic heterocycles. The average Bonchev–Trinajstić information content (AvgIpc) is 2.87. The molecule has 0 unspecified atom stereocenters. The van der Waals surface area contributed by atoms with Crippen LogP contribution < -0.4 is 30.2 Å². The van der Waals surface area contributed by atoms with E-state index < -0.39 is 11.0 Å². The minimum atomic E-state index is -0.603.